The summed E-state index contributed by atoms with van der Waals surface area (Å²) in [7, 11) is 0. The average molecular weight is 418 g/mol. The van der Waals surface area contributed by atoms with Gasteiger partial charge in [0.1, 0.15) is 5.75 Å². The number of para-hydroxylation sites is 3. The molecule has 29 heavy (non-hydrogen) atoms. The highest BCUT2D eigenvalue weighted by atomic mass is 32.1. The van der Waals surface area contributed by atoms with Crippen LogP contribution < -0.4 is 10.1 Å². The van der Waals surface area contributed by atoms with E-state index in [-0.39, 0.29) is 17.2 Å². The van der Waals surface area contributed by atoms with Crippen LogP contribution in [0.25, 0.3) is 21.0 Å². The van der Waals surface area contributed by atoms with Gasteiger partial charge in [0.15, 0.2) is 23.1 Å². The molecular formula is C20H13F3N2O3S. The predicted molar refractivity (Wildman–Crippen MR) is 103 cm³/mol. The summed E-state index contributed by atoms with van der Waals surface area (Å²) < 4.78 is 48.6. The number of nitrogens with one attached hydrogen (secondary N) is 1. The van der Waals surface area contributed by atoms with Crippen LogP contribution in [0.2, 0.25) is 0 Å². The number of ether oxygens (including phenoxy) is 1. The lowest BCUT2D eigenvalue weighted by Gasteiger charge is -2.13. The van der Waals surface area contributed by atoms with E-state index < -0.39 is 18.7 Å². The van der Waals surface area contributed by atoms with Gasteiger partial charge in [0.2, 0.25) is 0 Å². The van der Waals surface area contributed by atoms with E-state index in [4.69, 9.17) is 9.15 Å². The number of anilines is 1. The number of fused-ring (bicyclic) bond motifs is 1. The summed E-state index contributed by atoms with van der Waals surface area (Å²) in [6.07, 6.45) is -4.48. The number of amides is 1. The fourth-order valence-electron chi connectivity index (χ4n) is 2.59. The molecule has 9 heteroatoms. The van der Waals surface area contributed by atoms with Crippen LogP contribution >= 0.6 is 11.3 Å². The number of hydrogen-bond donors (Lipinski definition) is 1. The van der Waals surface area contributed by atoms with Crippen molar-refractivity contribution in [3.8, 4) is 16.5 Å². The number of nitrogens with zero attached hydrogens (tertiary/aromatic N) is 1. The zero-order valence-corrected chi connectivity index (χ0v) is 15.5. The van der Waals surface area contributed by atoms with E-state index in [1.54, 1.807) is 12.1 Å². The van der Waals surface area contributed by atoms with Crippen LogP contribution in [0.4, 0.5) is 18.9 Å². The molecule has 0 aliphatic carbocycles. The fraction of sp³-hybridized carbons (Fsp3) is 0.100. The van der Waals surface area contributed by atoms with Crippen LogP contribution in [0.3, 0.4) is 0 Å². The van der Waals surface area contributed by atoms with Gasteiger partial charge in [0.25, 0.3) is 5.91 Å². The normalized spacial score (nSPS) is 11.6. The summed E-state index contributed by atoms with van der Waals surface area (Å²) in [5.41, 5.74) is 0.935. The third kappa shape index (κ3) is 4.40. The van der Waals surface area contributed by atoms with E-state index in [0.717, 1.165) is 10.2 Å². The molecule has 0 atom stereocenters. The van der Waals surface area contributed by atoms with E-state index >= 15 is 0 Å². The Balaban J connectivity index is 1.51. The molecule has 148 valence electrons. The summed E-state index contributed by atoms with van der Waals surface area (Å²) in [6, 6.07) is 16.6. The third-order valence-corrected chi connectivity index (χ3v) is 4.91. The first-order valence-corrected chi connectivity index (χ1v) is 9.26. The molecule has 0 unspecified atom stereocenters. The summed E-state index contributed by atoms with van der Waals surface area (Å²) >= 11 is 1.43. The average Bonchev–Trinajstić information content (AvgIpc) is 3.33. The Morgan fingerprint density at radius 2 is 1.83 bits per heavy atom. The zero-order chi connectivity index (χ0) is 20.4. The standard InChI is InChI=1S/C20H13F3N2O3S/c21-20(22,23)11-27-14-7-3-1-5-12(14)24-18(26)15-9-10-16(28-15)19-25-13-6-2-4-8-17(13)29-19/h1-10H,11H2,(H,24,26). The number of carbonyl (C=O) groups is 1. The molecule has 2 aromatic heterocycles. The van der Waals surface area contributed by atoms with Crippen LogP contribution in [-0.2, 0) is 0 Å². The molecule has 0 bridgehead atoms. The lowest BCUT2D eigenvalue weighted by molar-refractivity contribution is -0.153. The minimum atomic E-state index is -4.48. The number of halogens is 3. The SMILES string of the molecule is O=C(Nc1ccccc1OCC(F)(F)F)c1ccc(-c2nc3ccccc3s2)o1. The molecule has 0 aliphatic rings. The number of hydrogen-bond acceptors (Lipinski definition) is 5. The van der Waals surface area contributed by atoms with Crippen molar-refractivity contribution in [3.63, 3.8) is 0 Å². The number of aromatic nitrogens is 1. The molecule has 2 aromatic carbocycles. The van der Waals surface area contributed by atoms with Crippen LogP contribution in [0.5, 0.6) is 5.75 Å². The van der Waals surface area contributed by atoms with Gasteiger partial charge in [0, 0.05) is 0 Å². The largest absolute Gasteiger partial charge is 0.482 e. The first-order valence-electron chi connectivity index (χ1n) is 8.45. The van der Waals surface area contributed by atoms with Crippen molar-refractivity contribution in [2.45, 2.75) is 6.18 Å². The quantitative estimate of drug-likeness (QED) is 0.448. The maximum Gasteiger partial charge on any atom is 0.422 e. The van der Waals surface area contributed by atoms with Crippen molar-refractivity contribution >= 4 is 33.1 Å². The molecule has 0 spiro atoms. The van der Waals surface area contributed by atoms with Crippen molar-refractivity contribution < 1.29 is 27.1 Å². The Hall–Kier alpha value is -3.33. The van der Waals surface area contributed by atoms with Crippen LogP contribution in [-0.4, -0.2) is 23.7 Å². The summed E-state index contributed by atoms with van der Waals surface area (Å²) in [6.45, 7) is -1.46. The van der Waals surface area contributed by atoms with Crippen molar-refractivity contribution in [1.29, 1.82) is 0 Å². The molecule has 0 fully saturated rings. The van der Waals surface area contributed by atoms with Gasteiger partial charge >= 0.3 is 6.18 Å². The molecule has 0 aliphatic heterocycles. The number of rotatable bonds is 5. The topological polar surface area (TPSA) is 64.4 Å². The second kappa shape index (κ2) is 7.59. The zero-order valence-electron chi connectivity index (χ0n) is 14.7. The van der Waals surface area contributed by atoms with E-state index in [9.17, 15) is 18.0 Å². The number of alkyl halides is 3. The molecule has 5 nitrogen and oxygen atoms in total. The Morgan fingerprint density at radius 1 is 1.07 bits per heavy atom. The molecule has 0 saturated carbocycles. The summed E-state index contributed by atoms with van der Waals surface area (Å²) in [4.78, 5) is 17.0. The lowest BCUT2D eigenvalue weighted by atomic mass is 10.3. The second-order valence-electron chi connectivity index (χ2n) is 6.00. The summed E-state index contributed by atoms with van der Waals surface area (Å²) in [5.74, 6) is -0.264. The van der Waals surface area contributed by atoms with Gasteiger partial charge in [-0.25, -0.2) is 4.98 Å². The van der Waals surface area contributed by atoms with E-state index in [1.807, 2.05) is 24.3 Å². The molecular weight excluding hydrogens is 405 g/mol. The van der Waals surface area contributed by atoms with Crippen molar-refractivity contribution in [3.05, 3.63) is 66.4 Å². The van der Waals surface area contributed by atoms with Crippen LogP contribution in [0.15, 0.2) is 65.1 Å². The van der Waals surface area contributed by atoms with Crippen molar-refractivity contribution in [1.82, 2.24) is 4.98 Å². The monoisotopic (exact) mass is 418 g/mol. The van der Waals surface area contributed by atoms with Gasteiger partial charge in [-0.2, -0.15) is 13.2 Å². The van der Waals surface area contributed by atoms with E-state index in [2.05, 4.69) is 10.3 Å². The Kier molecular flexibility index (Phi) is 4.98. The number of thiazole rings is 1. The van der Waals surface area contributed by atoms with Gasteiger partial charge in [-0.15, -0.1) is 11.3 Å². The minimum Gasteiger partial charge on any atom is -0.482 e. The molecule has 4 aromatic rings. The molecule has 1 amide bonds. The van der Waals surface area contributed by atoms with Crippen molar-refractivity contribution in [2.24, 2.45) is 0 Å². The van der Waals surface area contributed by atoms with Crippen LogP contribution in [0.1, 0.15) is 10.6 Å². The highest BCUT2D eigenvalue weighted by molar-refractivity contribution is 7.21. The van der Waals surface area contributed by atoms with Gasteiger partial charge in [0.05, 0.1) is 15.9 Å². The molecule has 4 rings (SSSR count). The minimum absolute atomic E-state index is 0.00452. The van der Waals surface area contributed by atoms with Crippen molar-refractivity contribution in [2.75, 3.05) is 11.9 Å². The predicted octanol–water partition coefficient (Wildman–Crippen LogP) is 5.75. The molecule has 0 saturated heterocycles. The summed E-state index contributed by atoms with van der Waals surface area (Å²) in [5, 5.41) is 3.14. The maximum atomic E-state index is 12.5. The smallest absolute Gasteiger partial charge is 0.422 e. The highest BCUT2D eigenvalue weighted by Gasteiger charge is 2.29. The Labute approximate surface area is 166 Å². The van der Waals surface area contributed by atoms with Gasteiger partial charge in [-0.1, -0.05) is 24.3 Å². The Morgan fingerprint density at radius 3 is 2.62 bits per heavy atom. The van der Waals surface area contributed by atoms with Gasteiger partial charge < -0.3 is 14.5 Å². The molecule has 1 N–H and O–H groups in total. The first-order chi connectivity index (χ1) is 13.9. The van der Waals surface area contributed by atoms with Gasteiger partial charge in [-0.05, 0) is 36.4 Å². The number of carbonyl (C=O) groups excluding carboxylic acids is 1. The lowest BCUT2D eigenvalue weighted by Crippen LogP contribution is -2.20. The van der Waals surface area contributed by atoms with Crippen LogP contribution in [0, 0.1) is 0 Å². The molecule has 0 radical (unpaired) electrons. The number of furan rings is 1. The molecule has 2 heterocycles. The highest BCUT2D eigenvalue weighted by Crippen LogP contribution is 2.32. The first kappa shape index (κ1) is 19.0. The Bertz CT molecular complexity index is 1130. The van der Waals surface area contributed by atoms with E-state index in [1.165, 1.54) is 35.6 Å². The number of benzene rings is 2. The van der Waals surface area contributed by atoms with E-state index in [0.29, 0.717) is 10.8 Å². The van der Waals surface area contributed by atoms with Gasteiger partial charge in [-0.3, -0.25) is 4.79 Å². The second-order valence-corrected chi connectivity index (χ2v) is 7.04. The maximum absolute atomic E-state index is 12.5. The third-order valence-electron chi connectivity index (χ3n) is 3.86. The fourth-order valence-corrected chi connectivity index (χ4v) is 3.52.